The maximum Gasteiger partial charge on any atom is 0.235 e. The van der Waals surface area contributed by atoms with E-state index in [4.69, 9.17) is 29.6 Å². The predicted molar refractivity (Wildman–Crippen MR) is 90.3 cm³/mol. The highest BCUT2D eigenvalue weighted by Gasteiger charge is 2.46. The minimum atomic E-state index is -0.656. The van der Waals surface area contributed by atoms with Crippen LogP contribution in [0.5, 0.6) is 0 Å². The lowest BCUT2D eigenvalue weighted by molar-refractivity contribution is -0.138. The molecule has 0 heterocycles. The Balaban J connectivity index is 2.24. The summed E-state index contributed by atoms with van der Waals surface area (Å²) in [7, 11) is 1.81. The van der Waals surface area contributed by atoms with Gasteiger partial charge in [0, 0.05) is 12.1 Å². The van der Waals surface area contributed by atoms with Crippen molar-refractivity contribution in [2.45, 2.75) is 38.6 Å². The average Bonchev–Trinajstić information content (AvgIpc) is 2.95. The molecule has 1 aliphatic carbocycles. The van der Waals surface area contributed by atoms with E-state index in [-0.39, 0.29) is 11.9 Å². The summed E-state index contributed by atoms with van der Waals surface area (Å²) in [5, 5.41) is 0.671. The first-order chi connectivity index (χ1) is 9.88. The highest BCUT2D eigenvalue weighted by molar-refractivity contribution is 7.80. The fourth-order valence-corrected chi connectivity index (χ4v) is 3.54. The third kappa shape index (κ3) is 3.06. The smallest absolute Gasteiger partial charge is 0.235 e. The second-order valence-corrected chi connectivity index (χ2v) is 6.68. The van der Waals surface area contributed by atoms with Crippen molar-refractivity contribution in [3.8, 4) is 0 Å². The van der Waals surface area contributed by atoms with Crippen LogP contribution in [-0.2, 0) is 4.79 Å². The molecule has 0 saturated heterocycles. The first-order valence-electron chi connectivity index (χ1n) is 7.21. The third-order valence-electron chi connectivity index (χ3n) is 4.57. The lowest BCUT2D eigenvalue weighted by Crippen LogP contribution is -2.48. The Hall–Kier alpha value is -1.13. The maximum atomic E-state index is 12.9. The summed E-state index contributed by atoms with van der Waals surface area (Å²) in [5.41, 5.74) is 6.25. The van der Waals surface area contributed by atoms with Crippen molar-refractivity contribution in [1.82, 2.24) is 4.90 Å². The molecular formula is C16H21ClN2OS. The molecule has 1 unspecified atom stereocenters. The molecule has 2 N–H and O–H groups in total. The van der Waals surface area contributed by atoms with Crippen LogP contribution < -0.4 is 5.73 Å². The zero-order valence-corrected chi connectivity index (χ0v) is 14.0. The largest absolute Gasteiger partial charge is 0.392 e. The highest BCUT2D eigenvalue weighted by Crippen LogP contribution is 2.41. The van der Waals surface area contributed by atoms with Crippen LogP contribution >= 0.6 is 23.8 Å². The molecule has 0 bridgehead atoms. The molecule has 114 valence electrons. The number of rotatable bonds is 4. The molecular weight excluding hydrogens is 304 g/mol. The lowest BCUT2D eigenvalue weighted by Gasteiger charge is -2.35. The number of carbonyl (C=O) groups excluding carboxylic acids is 1. The second-order valence-electron chi connectivity index (χ2n) is 5.80. The van der Waals surface area contributed by atoms with E-state index < -0.39 is 5.41 Å². The quantitative estimate of drug-likeness (QED) is 0.859. The van der Waals surface area contributed by atoms with Gasteiger partial charge in [-0.2, -0.15) is 0 Å². The van der Waals surface area contributed by atoms with Gasteiger partial charge in [-0.05, 0) is 37.5 Å². The van der Waals surface area contributed by atoms with Crippen LogP contribution in [-0.4, -0.2) is 22.8 Å². The minimum absolute atomic E-state index is 0.0278. The Morgan fingerprint density at radius 1 is 1.43 bits per heavy atom. The highest BCUT2D eigenvalue weighted by atomic mass is 35.5. The molecule has 1 aromatic rings. The Kier molecular flexibility index (Phi) is 4.89. The van der Waals surface area contributed by atoms with Gasteiger partial charge in [-0.3, -0.25) is 4.79 Å². The Bertz CT molecular complexity index is 555. The van der Waals surface area contributed by atoms with Crippen LogP contribution in [0.1, 0.15) is 44.2 Å². The van der Waals surface area contributed by atoms with E-state index >= 15 is 0 Å². The summed E-state index contributed by atoms with van der Waals surface area (Å²) in [6, 6.07) is 7.52. The molecule has 1 aliphatic rings. The monoisotopic (exact) mass is 324 g/mol. The van der Waals surface area contributed by atoms with Gasteiger partial charge in [-0.1, -0.05) is 48.8 Å². The van der Waals surface area contributed by atoms with Gasteiger partial charge in [0.15, 0.2) is 0 Å². The van der Waals surface area contributed by atoms with E-state index in [0.29, 0.717) is 10.0 Å². The number of benzene rings is 1. The maximum absolute atomic E-state index is 12.9. The number of nitrogens with zero attached hydrogens (tertiary/aromatic N) is 1. The van der Waals surface area contributed by atoms with E-state index in [9.17, 15) is 4.79 Å². The predicted octanol–water partition coefficient (Wildman–Crippen LogP) is 3.71. The number of carbonyl (C=O) groups is 1. The van der Waals surface area contributed by atoms with Gasteiger partial charge in [-0.25, -0.2) is 0 Å². The topological polar surface area (TPSA) is 46.3 Å². The summed E-state index contributed by atoms with van der Waals surface area (Å²) in [4.78, 5) is 15.0. The van der Waals surface area contributed by atoms with Crippen LogP contribution in [0.15, 0.2) is 24.3 Å². The van der Waals surface area contributed by atoms with Crippen molar-refractivity contribution < 1.29 is 4.79 Å². The van der Waals surface area contributed by atoms with Gasteiger partial charge >= 0.3 is 0 Å². The molecule has 1 aromatic carbocycles. The van der Waals surface area contributed by atoms with Gasteiger partial charge in [0.2, 0.25) is 5.91 Å². The van der Waals surface area contributed by atoms with Gasteiger partial charge in [0.1, 0.15) is 0 Å². The van der Waals surface area contributed by atoms with E-state index in [1.54, 1.807) is 4.90 Å². The summed E-state index contributed by atoms with van der Waals surface area (Å²) in [6.07, 6.45) is 3.52. The molecule has 0 radical (unpaired) electrons. The van der Waals surface area contributed by atoms with Crippen LogP contribution in [0, 0.1) is 5.41 Å². The first kappa shape index (κ1) is 16.2. The number of halogens is 1. The number of thiocarbonyl (C=S) groups is 1. The van der Waals surface area contributed by atoms with Gasteiger partial charge in [-0.15, -0.1) is 0 Å². The Labute approximate surface area is 136 Å². The normalized spacial score (nSPS) is 18.2. The third-order valence-corrected chi connectivity index (χ3v) is 5.20. The van der Waals surface area contributed by atoms with Gasteiger partial charge in [0.05, 0.1) is 16.4 Å². The van der Waals surface area contributed by atoms with Crippen LogP contribution in [0.3, 0.4) is 0 Å². The fourth-order valence-electron chi connectivity index (χ4n) is 3.05. The van der Waals surface area contributed by atoms with Crippen molar-refractivity contribution in [2.75, 3.05) is 7.05 Å². The summed E-state index contributed by atoms with van der Waals surface area (Å²) in [5.74, 6) is 0.0278. The molecule has 0 aromatic heterocycles. The molecule has 5 heteroatoms. The molecule has 0 spiro atoms. The summed E-state index contributed by atoms with van der Waals surface area (Å²) in [6.45, 7) is 1.99. The van der Waals surface area contributed by atoms with E-state index in [2.05, 4.69) is 0 Å². The van der Waals surface area contributed by atoms with Crippen LogP contribution in [0.25, 0.3) is 0 Å². The van der Waals surface area contributed by atoms with Crippen molar-refractivity contribution >= 4 is 34.7 Å². The molecule has 3 nitrogen and oxygen atoms in total. The van der Waals surface area contributed by atoms with Crippen molar-refractivity contribution in [1.29, 1.82) is 0 Å². The molecule has 1 amide bonds. The molecule has 2 rings (SSSR count). The summed E-state index contributed by atoms with van der Waals surface area (Å²) >= 11 is 11.2. The van der Waals surface area contributed by atoms with Gasteiger partial charge in [0.25, 0.3) is 0 Å². The standard InChI is InChI=1S/C16H21ClN2OS/c1-11(12-6-5-7-13(17)10-12)19(2)15(20)16(14(18)21)8-3-4-9-16/h5-7,10-11H,3-4,8-9H2,1-2H3,(H2,18,21). The number of amides is 1. The van der Waals surface area contributed by atoms with E-state index in [0.717, 1.165) is 31.2 Å². The minimum Gasteiger partial charge on any atom is -0.392 e. The molecule has 21 heavy (non-hydrogen) atoms. The Morgan fingerprint density at radius 2 is 2.05 bits per heavy atom. The SMILES string of the molecule is CC(c1cccc(Cl)c1)N(C)C(=O)C1(C(N)=S)CCCC1. The van der Waals surface area contributed by atoms with Crippen LogP contribution in [0.4, 0.5) is 0 Å². The van der Waals surface area contributed by atoms with Crippen molar-refractivity contribution in [3.63, 3.8) is 0 Å². The molecule has 0 aliphatic heterocycles. The van der Waals surface area contributed by atoms with Crippen molar-refractivity contribution in [2.24, 2.45) is 11.1 Å². The molecule has 1 saturated carbocycles. The van der Waals surface area contributed by atoms with Gasteiger partial charge < -0.3 is 10.6 Å². The lowest BCUT2D eigenvalue weighted by atomic mass is 9.84. The fraction of sp³-hybridized carbons (Fsp3) is 0.500. The summed E-state index contributed by atoms with van der Waals surface area (Å²) < 4.78 is 0. The van der Waals surface area contributed by atoms with Crippen molar-refractivity contribution in [3.05, 3.63) is 34.9 Å². The average molecular weight is 325 g/mol. The zero-order valence-electron chi connectivity index (χ0n) is 12.4. The number of nitrogens with two attached hydrogens (primary N) is 1. The second kappa shape index (κ2) is 6.32. The van der Waals surface area contributed by atoms with E-state index in [1.807, 2.05) is 38.2 Å². The van der Waals surface area contributed by atoms with E-state index in [1.165, 1.54) is 0 Å². The molecule has 1 fully saturated rings. The number of hydrogen-bond acceptors (Lipinski definition) is 2. The Morgan fingerprint density at radius 3 is 2.57 bits per heavy atom. The zero-order chi connectivity index (χ0) is 15.6. The first-order valence-corrected chi connectivity index (χ1v) is 8.00. The van der Waals surface area contributed by atoms with Crippen LogP contribution in [0.2, 0.25) is 5.02 Å². The molecule has 1 atom stereocenters. The number of hydrogen-bond donors (Lipinski definition) is 1.